The van der Waals surface area contributed by atoms with Gasteiger partial charge in [-0.2, -0.15) is 0 Å². The van der Waals surface area contributed by atoms with E-state index in [4.69, 9.17) is 14.2 Å². The van der Waals surface area contributed by atoms with E-state index in [1.807, 2.05) is 20.8 Å². The number of ether oxygens (including phenoxy) is 3. The van der Waals surface area contributed by atoms with Gasteiger partial charge in [-0.15, -0.1) is 0 Å². The van der Waals surface area contributed by atoms with Gasteiger partial charge >= 0.3 is 6.09 Å². The molecule has 0 unspecified atom stereocenters. The Hall–Kier alpha value is -0.810. The van der Waals surface area contributed by atoms with Crippen LogP contribution in [0, 0.1) is 0 Å². The standard InChI is InChI=1S/C13H23NO4/c1-12(2,3)18-11(15)14(4)10-7-13(17-8-10)5-6-16-9-13/h10H,5-9H2,1-4H3/t10-,13+/m0/s1. The zero-order valence-electron chi connectivity index (χ0n) is 11.7. The Labute approximate surface area is 108 Å². The Balaban J connectivity index is 1.90. The van der Waals surface area contributed by atoms with Crippen molar-refractivity contribution in [2.75, 3.05) is 26.9 Å². The lowest BCUT2D eigenvalue weighted by Gasteiger charge is -2.28. The van der Waals surface area contributed by atoms with E-state index >= 15 is 0 Å². The maximum absolute atomic E-state index is 12.0. The first-order chi connectivity index (χ1) is 8.31. The van der Waals surface area contributed by atoms with Crippen molar-refractivity contribution >= 4 is 6.09 Å². The highest BCUT2D eigenvalue weighted by Gasteiger charge is 2.45. The smallest absolute Gasteiger partial charge is 0.410 e. The van der Waals surface area contributed by atoms with Crippen LogP contribution in [0.1, 0.15) is 33.6 Å². The van der Waals surface area contributed by atoms with Gasteiger partial charge in [-0.3, -0.25) is 0 Å². The molecule has 2 fully saturated rings. The predicted octanol–water partition coefficient (Wildman–Crippen LogP) is 1.80. The van der Waals surface area contributed by atoms with Crippen LogP contribution in [0.15, 0.2) is 0 Å². The summed E-state index contributed by atoms with van der Waals surface area (Å²) in [6, 6.07) is 0.0848. The molecule has 2 aliphatic heterocycles. The maximum atomic E-state index is 12.0. The number of nitrogens with zero attached hydrogens (tertiary/aromatic N) is 1. The minimum atomic E-state index is -0.459. The Morgan fingerprint density at radius 3 is 2.72 bits per heavy atom. The summed E-state index contributed by atoms with van der Waals surface area (Å²) in [7, 11) is 1.77. The predicted molar refractivity (Wildman–Crippen MR) is 66.5 cm³/mol. The van der Waals surface area contributed by atoms with Gasteiger partial charge in [0.1, 0.15) is 5.60 Å². The molecule has 0 aromatic rings. The van der Waals surface area contributed by atoms with Crippen molar-refractivity contribution in [2.24, 2.45) is 0 Å². The minimum absolute atomic E-state index is 0.0848. The highest BCUT2D eigenvalue weighted by atomic mass is 16.6. The molecule has 0 aromatic carbocycles. The molecule has 2 heterocycles. The van der Waals surface area contributed by atoms with Crippen LogP contribution in [0.2, 0.25) is 0 Å². The van der Waals surface area contributed by atoms with E-state index in [1.54, 1.807) is 11.9 Å². The highest BCUT2D eigenvalue weighted by Crippen LogP contribution is 2.35. The lowest BCUT2D eigenvalue weighted by atomic mass is 9.97. The largest absolute Gasteiger partial charge is 0.444 e. The summed E-state index contributed by atoms with van der Waals surface area (Å²) in [4.78, 5) is 13.6. The van der Waals surface area contributed by atoms with Crippen molar-refractivity contribution in [1.29, 1.82) is 0 Å². The van der Waals surface area contributed by atoms with Crippen LogP contribution in [0.5, 0.6) is 0 Å². The Morgan fingerprint density at radius 1 is 1.44 bits per heavy atom. The summed E-state index contributed by atoms with van der Waals surface area (Å²) in [5.74, 6) is 0. The molecule has 2 aliphatic rings. The second kappa shape index (κ2) is 4.70. The Kier molecular flexibility index (Phi) is 3.56. The quantitative estimate of drug-likeness (QED) is 0.718. The third-order valence-corrected chi connectivity index (χ3v) is 3.49. The number of hydrogen-bond donors (Lipinski definition) is 0. The molecule has 0 radical (unpaired) electrons. The van der Waals surface area contributed by atoms with E-state index in [9.17, 15) is 4.79 Å². The van der Waals surface area contributed by atoms with Crippen molar-refractivity contribution in [1.82, 2.24) is 4.90 Å². The molecule has 104 valence electrons. The van der Waals surface area contributed by atoms with E-state index in [1.165, 1.54) is 0 Å². The van der Waals surface area contributed by atoms with E-state index < -0.39 is 5.60 Å². The van der Waals surface area contributed by atoms with Crippen LogP contribution in [0.25, 0.3) is 0 Å². The summed E-state index contributed by atoms with van der Waals surface area (Å²) in [6.07, 6.45) is 1.47. The molecule has 2 atom stereocenters. The van der Waals surface area contributed by atoms with E-state index in [-0.39, 0.29) is 17.7 Å². The van der Waals surface area contributed by atoms with Crippen LogP contribution in [-0.2, 0) is 14.2 Å². The molecule has 0 aromatic heterocycles. The minimum Gasteiger partial charge on any atom is -0.444 e. The van der Waals surface area contributed by atoms with E-state index in [0.717, 1.165) is 19.4 Å². The summed E-state index contributed by atoms with van der Waals surface area (Å²) in [5, 5.41) is 0. The van der Waals surface area contributed by atoms with Crippen molar-refractivity contribution < 1.29 is 19.0 Å². The average molecular weight is 257 g/mol. The summed E-state index contributed by atoms with van der Waals surface area (Å²) < 4.78 is 16.6. The molecule has 5 heteroatoms. The number of carbonyl (C=O) groups is 1. The van der Waals surface area contributed by atoms with Crippen LogP contribution in [0.3, 0.4) is 0 Å². The fourth-order valence-electron chi connectivity index (χ4n) is 2.42. The van der Waals surface area contributed by atoms with E-state index in [2.05, 4.69) is 0 Å². The van der Waals surface area contributed by atoms with Crippen molar-refractivity contribution in [2.45, 2.75) is 50.9 Å². The average Bonchev–Trinajstić information content (AvgIpc) is 2.86. The zero-order valence-corrected chi connectivity index (χ0v) is 11.7. The van der Waals surface area contributed by atoms with Gasteiger partial charge in [0.05, 0.1) is 24.9 Å². The SMILES string of the molecule is CN(C(=O)OC(C)(C)C)[C@@H]1CO[C@]2(CCOC2)C1. The third kappa shape index (κ3) is 2.95. The fraction of sp³-hybridized carbons (Fsp3) is 0.923. The van der Waals surface area contributed by atoms with Gasteiger partial charge in [0.15, 0.2) is 0 Å². The maximum Gasteiger partial charge on any atom is 0.410 e. The first kappa shape index (κ1) is 13.6. The molecule has 0 N–H and O–H groups in total. The van der Waals surface area contributed by atoms with Crippen molar-refractivity contribution in [3.05, 3.63) is 0 Å². The van der Waals surface area contributed by atoms with Crippen LogP contribution >= 0.6 is 0 Å². The van der Waals surface area contributed by atoms with Crippen molar-refractivity contribution in [3.8, 4) is 0 Å². The van der Waals surface area contributed by atoms with Crippen LogP contribution in [-0.4, -0.2) is 55.1 Å². The first-order valence-electron chi connectivity index (χ1n) is 6.49. The second-order valence-electron chi connectivity index (χ2n) is 6.25. The molecule has 2 rings (SSSR count). The lowest BCUT2D eigenvalue weighted by Crippen LogP contribution is -2.41. The lowest BCUT2D eigenvalue weighted by molar-refractivity contribution is -0.00579. The molecular weight excluding hydrogens is 234 g/mol. The van der Waals surface area contributed by atoms with Gasteiger partial charge in [-0.25, -0.2) is 4.79 Å². The number of hydrogen-bond acceptors (Lipinski definition) is 4. The monoisotopic (exact) mass is 257 g/mol. The summed E-state index contributed by atoms with van der Waals surface area (Å²) in [5.41, 5.74) is -0.625. The molecule has 0 saturated carbocycles. The number of likely N-dealkylation sites (N-methyl/N-ethyl adjacent to an activating group) is 1. The Morgan fingerprint density at radius 2 is 2.17 bits per heavy atom. The van der Waals surface area contributed by atoms with Gasteiger partial charge in [0.25, 0.3) is 0 Å². The number of carbonyl (C=O) groups excluding carboxylic acids is 1. The Bertz CT molecular complexity index is 317. The third-order valence-electron chi connectivity index (χ3n) is 3.49. The van der Waals surface area contributed by atoms with Gasteiger partial charge < -0.3 is 19.1 Å². The second-order valence-corrected chi connectivity index (χ2v) is 6.25. The topological polar surface area (TPSA) is 48.0 Å². The molecular formula is C13H23NO4. The van der Waals surface area contributed by atoms with Crippen molar-refractivity contribution in [3.63, 3.8) is 0 Å². The number of amides is 1. The van der Waals surface area contributed by atoms with E-state index in [0.29, 0.717) is 13.2 Å². The van der Waals surface area contributed by atoms with Gasteiger partial charge in [0, 0.05) is 26.5 Å². The molecule has 5 nitrogen and oxygen atoms in total. The fourth-order valence-corrected chi connectivity index (χ4v) is 2.42. The molecule has 0 aliphatic carbocycles. The molecule has 1 amide bonds. The molecule has 1 spiro atoms. The molecule has 18 heavy (non-hydrogen) atoms. The molecule has 0 bridgehead atoms. The number of rotatable bonds is 1. The summed E-state index contributed by atoms with van der Waals surface area (Å²) in [6.45, 7) is 7.58. The van der Waals surface area contributed by atoms with Crippen LogP contribution < -0.4 is 0 Å². The highest BCUT2D eigenvalue weighted by molar-refractivity contribution is 5.68. The molecule has 2 saturated heterocycles. The van der Waals surface area contributed by atoms with Gasteiger partial charge in [-0.05, 0) is 20.8 Å². The van der Waals surface area contributed by atoms with Gasteiger partial charge in [0.2, 0.25) is 0 Å². The van der Waals surface area contributed by atoms with Gasteiger partial charge in [-0.1, -0.05) is 0 Å². The first-order valence-corrected chi connectivity index (χ1v) is 6.49. The zero-order chi connectivity index (χ0) is 13.4. The normalized spacial score (nSPS) is 31.9. The summed E-state index contributed by atoms with van der Waals surface area (Å²) >= 11 is 0. The van der Waals surface area contributed by atoms with Crippen LogP contribution in [0.4, 0.5) is 4.79 Å².